The van der Waals surface area contributed by atoms with Crippen LogP contribution in [0.15, 0.2) is 0 Å². The van der Waals surface area contributed by atoms with E-state index in [1.807, 2.05) is 0 Å². The highest BCUT2D eigenvalue weighted by molar-refractivity contribution is 6.78. The van der Waals surface area contributed by atoms with Crippen LogP contribution in [-0.4, -0.2) is 56.7 Å². The van der Waals surface area contributed by atoms with Crippen LogP contribution in [0.1, 0.15) is 0 Å². The molecule has 17 heavy (non-hydrogen) atoms. The average molecular weight is 339 g/mol. The van der Waals surface area contributed by atoms with Crippen molar-refractivity contribution in [3.63, 3.8) is 0 Å². The van der Waals surface area contributed by atoms with E-state index >= 15 is 0 Å². The highest BCUT2D eigenvalue weighted by Crippen LogP contribution is 2.10. The van der Waals surface area contributed by atoms with Crippen molar-refractivity contribution in [2.75, 3.05) is 0 Å². The first-order valence-corrected chi connectivity index (χ1v) is 15.1. The van der Waals surface area contributed by atoms with Gasteiger partial charge in [0.1, 0.15) is 0 Å². The summed E-state index contributed by atoms with van der Waals surface area (Å²) in [5.41, 5.74) is 0. The predicted molar refractivity (Wildman–Crippen MR) is 75.1 cm³/mol. The van der Waals surface area contributed by atoms with Crippen LogP contribution >= 0.6 is 0 Å². The number of hydrogen-bond donors (Lipinski definition) is 0. The Kier molecular flexibility index (Phi) is 8.13. The second kappa shape index (κ2) is 7.63. The van der Waals surface area contributed by atoms with Crippen LogP contribution in [0.25, 0.3) is 0 Å². The third-order valence-electron chi connectivity index (χ3n) is 1.11. The fraction of sp³-hybridized carbons (Fsp3) is 1.00. The van der Waals surface area contributed by atoms with Crippen molar-refractivity contribution in [2.45, 2.75) is 39.3 Å². The summed E-state index contributed by atoms with van der Waals surface area (Å²) in [6.07, 6.45) is 0. The van der Waals surface area contributed by atoms with Crippen molar-refractivity contribution in [3.05, 3.63) is 0 Å². The first-order chi connectivity index (χ1) is 7.57. The van der Waals surface area contributed by atoms with E-state index in [-0.39, 0.29) is 0 Å². The maximum atomic E-state index is 5.74. The fourth-order valence-electron chi connectivity index (χ4n) is 0.693. The highest BCUT2D eigenvalue weighted by Gasteiger charge is 2.35. The van der Waals surface area contributed by atoms with Crippen LogP contribution in [0.4, 0.5) is 0 Å². The van der Waals surface area contributed by atoms with Gasteiger partial charge in [0, 0.05) is 0 Å². The Labute approximate surface area is 116 Å². The van der Waals surface area contributed by atoms with E-state index in [1.54, 1.807) is 0 Å². The molecule has 0 aromatic rings. The van der Waals surface area contributed by atoms with Gasteiger partial charge in [-0.25, -0.2) is 0 Å². The molecule has 0 amide bonds. The molecule has 11 heteroatoms. The van der Waals surface area contributed by atoms with Gasteiger partial charge in [-0.2, -0.15) is 0 Å². The molecule has 0 saturated heterocycles. The molecule has 0 aromatic heterocycles. The van der Waals surface area contributed by atoms with Crippen LogP contribution in [0.3, 0.4) is 0 Å². The summed E-state index contributed by atoms with van der Waals surface area (Å²) >= 11 is 0. The van der Waals surface area contributed by atoms with Crippen LogP contribution in [0.2, 0.25) is 39.3 Å². The Morgan fingerprint density at radius 3 is 1.18 bits per heavy atom. The van der Waals surface area contributed by atoms with E-state index in [0.29, 0.717) is 0 Å². The molecule has 0 unspecified atom stereocenters. The van der Waals surface area contributed by atoms with E-state index in [4.69, 9.17) is 20.6 Å². The number of rotatable bonds is 8. The molecule has 96 valence electrons. The van der Waals surface area contributed by atoms with E-state index < -0.39 is 35.7 Å². The van der Waals surface area contributed by atoms with Crippen LogP contribution in [0.5, 0.6) is 0 Å². The Morgan fingerprint density at radius 1 is 0.706 bits per heavy atom. The summed E-state index contributed by atoms with van der Waals surface area (Å²) in [5, 5.41) is 0. The lowest BCUT2D eigenvalue weighted by atomic mass is 11.8. The van der Waals surface area contributed by atoms with Gasteiger partial charge in [-0.1, -0.05) is 0 Å². The lowest BCUT2D eigenvalue weighted by Crippen LogP contribution is -2.47. The maximum absolute atomic E-state index is 5.74. The van der Waals surface area contributed by atoms with Crippen LogP contribution in [0, 0.1) is 0 Å². The van der Waals surface area contributed by atoms with E-state index in [1.165, 1.54) is 0 Å². The zero-order chi connectivity index (χ0) is 13.7. The number of hydrogen-bond acceptors (Lipinski definition) is 5. The molecule has 0 fully saturated rings. The van der Waals surface area contributed by atoms with E-state index in [9.17, 15) is 0 Å². The lowest BCUT2D eigenvalue weighted by molar-refractivity contribution is 0.243. The monoisotopic (exact) mass is 338 g/mol. The van der Waals surface area contributed by atoms with Gasteiger partial charge in [-0.15, -0.1) is 0 Å². The normalized spacial score (nSPS) is 13.8. The molecule has 0 N–H and O–H groups in total. The van der Waals surface area contributed by atoms with Gasteiger partial charge in [0.25, 0.3) is 0 Å². The predicted octanol–water partition coefficient (Wildman–Crippen LogP) is 0.876. The van der Waals surface area contributed by atoms with Crippen LogP contribution < -0.4 is 0 Å². The van der Waals surface area contributed by atoms with Crippen LogP contribution in [-0.2, 0) is 20.6 Å². The molecule has 0 aliphatic rings. The molecule has 0 aromatic carbocycles. The zero-order valence-electron chi connectivity index (χ0n) is 11.0. The molecule has 0 rings (SSSR count). The molecule has 0 aliphatic carbocycles. The molecule has 0 spiro atoms. The summed E-state index contributed by atoms with van der Waals surface area (Å²) in [6, 6.07) is 0. The van der Waals surface area contributed by atoms with E-state index in [2.05, 4.69) is 60.3 Å². The van der Waals surface area contributed by atoms with Crippen molar-refractivity contribution >= 4 is 56.7 Å². The average Bonchev–Trinajstić information content (AvgIpc) is 2.11. The Morgan fingerprint density at radius 2 is 1.00 bits per heavy atom. The fourth-order valence-corrected chi connectivity index (χ4v) is 8.49. The van der Waals surface area contributed by atoms with Crippen molar-refractivity contribution in [1.82, 2.24) is 0 Å². The summed E-state index contributed by atoms with van der Waals surface area (Å²) in [4.78, 5) is 0. The molecule has 5 nitrogen and oxygen atoms in total. The minimum atomic E-state index is -1.86. The molecule has 8 radical (unpaired) electrons. The summed E-state index contributed by atoms with van der Waals surface area (Å²) in [6.45, 7) is 12.4. The quantitative estimate of drug-likeness (QED) is 0.615. The van der Waals surface area contributed by atoms with Gasteiger partial charge in [0.05, 0.1) is 0 Å². The Hall–Kier alpha value is 1.10. The molecule has 0 saturated carbocycles. The standard InChI is InChI=1S/C6H18O5Si6/c1-16(2,3)10-14(7-12)9-15(8-13)11-17(4,5)6/h1-6H3. The molecule has 0 atom stereocenters. The third kappa shape index (κ3) is 10.7. The topological polar surface area (TPSA) is 46.2 Å². The van der Waals surface area contributed by atoms with Crippen molar-refractivity contribution in [3.8, 4) is 0 Å². The SMILES string of the molecule is C[Si](C)(C)O[Si](O[Si])O[Si](O[Si])O[Si](C)(C)C. The maximum Gasteiger partial charge on any atom is 0.547 e. The van der Waals surface area contributed by atoms with Gasteiger partial charge in [0.2, 0.25) is 21.0 Å². The molecular formula is C6H18O5Si6. The highest BCUT2D eigenvalue weighted by atomic mass is 28.5. The van der Waals surface area contributed by atoms with Gasteiger partial charge < -0.3 is 20.6 Å². The first-order valence-electron chi connectivity index (χ1n) is 5.04. The van der Waals surface area contributed by atoms with E-state index in [0.717, 1.165) is 0 Å². The molecule has 0 aliphatic heterocycles. The molecule has 0 bridgehead atoms. The first kappa shape index (κ1) is 18.1. The molecular weight excluding hydrogens is 321 g/mol. The van der Waals surface area contributed by atoms with Gasteiger partial charge >= 0.3 is 19.1 Å². The van der Waals surface area contributed by atoms with Gasteiger partial charge in [0.15, 0.2) is 16.6 Å². The second-order valence-corrected chi connectivity index (χ2v) is 18.8. The second-order valence-electron chi connectivity index (χ2n) is 5.24. The lowest BCUT2D eigenvalue weighted by Gasteiger charge is -2.26. The largest absolute Gasteiger partial charge is 0.547 e. The van der Waals surface area contributed by atoms with Gasteiger partial charge in [-0.3, -0.25) is 0 Å². The summed E-state index contributed by atoms with van der Waals surface area (Å²) in [5.74, 6) is 0. The van der Waals surface area contributed by atoms with Crippen molar-refractivity contribution < 1.29 is 20.6 Å². The zero-order valence-corrected chi connectivity index (χ0v) is 17.0. The minimum absolute atomic E-state index is 1.71. The van der Waals surface area contributed by atoms with Crippen molar-refractivity contribution in [1.29, 1.82) is 0 Å². The Bertz CT molecular complexity index is 194. The smallest absolute Gasteiger partial charge is 0.415 e. The third-order valence-corrected chi connectivity index (χ3v) is 10.0. The summed E-state index contributed by atoms with van der Waals surface area (Å²) < 4.78 is 27.1. The summed E-state index contributed by atoms with van der Waals surface area (Å²) in [7, 11) is -1.21. The Balaban J connectivity index is 4.32. The van der Waals surface area contributed by atoms with Gasteiger partial charge in [-0.05, 0) is 39.3 Å². The molecule has 0 heterocycles. The van der Waals surface area contributed by atoms with Crippen molar-refractivity contribution in [2.24, 2.45) is 0 Å². The minimum Gasteiger partial charge on any atom is -0.415 e.